The van der Waals surface area contributed by atoms with Gasteiger partial charge in [-0.3, -0.25) is 4.90 Å². The van der Waals surface area contributed by atoms with E-state index in [1.165, 1.54) is 4.90 Å². The lowest BCUT2D eigenvalue weighted by molar-refractivity contribution is 0.249. The number of hydrogen-bond donors (Lipinski definition) is 1. The molecule has 0 unspecified atom stereocenters. The summed E-state index contributed by atoms with van der Waals surface area (Å²) in [6.45, 7) is 1.79. The van der Waals surface area contributed by atoms with Gasteiger partial charge in [0, 0.05) is 32.8 Å². The number of hydrogen-bond acceptors (Lipinski definition) is 3. The van der Waals surface area contributed by atoms with Crippen LogP contribution in [0.2, 0.25) is 0 Å². The van der Waals surface area contributed by atoms with Crippen molar-refractivity contribution in [2.75, 3.05) is 19.0 Å². The van der Waals surface area contributed by atoms with Crippen molar-refractivity contribution in [3.63, 3.8) is 0 Å². The molecular formula is C11H13N3O2. The molecule has 0 spiro atoms. The van der Waals surface area contributed by atoms with Crippen LogP contribution in [0.1, 0.15) is 5.89 Å². The maximum absolute atomic E-state index is 11.4. The Bertz CT molecular complexity index is 533. The van der Waals surface area contributed by atoms with E-state index in [0.29, 0.717) is 11.5 Å². The summed E-state index contributed by atoms with van der Waals surface area (Å²) in [5, 5.41) is 2.56. The third kappa shape index (κ3) is 1.71. The van der Waals surface area contributed by atoms with Crippen LogP contribution >= 0.6 is 0 Å². The quantitative estimate of drug-likeness (QED) is 0.797. The van der Waals surface area contributed by atoms with Crippen LogP contribution in [0.3, 0.4) is 0 Å². The summed E-state index contributed by atoms with van der Waals surface area (Å²) in [5.74, 6) is 0.620. The number of fused-ring (bicyclic) bond motifs is 1. The zero-order valence-corrected chi connectivity index (χ0v) is 9.44. The van der Waals surface area contributed by atoms with Gasteiger partial charge in [-0.25, -0.2) is 9.78 Å². The zero-order chi connectivity index (χ0) is 11.7. The van der Waals surface area contributed by atoms with E-state index in [4.69, 9.17) is 4.42 Å². The number of oxazole rings is 1. The molecule has 2 rings (SSSR count). The van der Waals surface area contributed by atoms with Crippen LogP contribution in [-0.2, 0) is 0 Å². The highest BCUT2D eigenvalue weighted by atomic mass is 16.3. The number of anilines is 1. The number of rotatable bonds is 1. The van der Waals surface area contributed by atoms with Gasteiger partial charge < -0.3 is 9.73 Å². The van der Waals surface area contributed by atoms with E-state index in [-0.39, 0.29) is 6.03 Å². The first-order valence-electron chi connectivity index (χ1n) is 4.94. The van der Waals surface area contributed by atoms with Gasteiger partial charge in [0.25, 0.3) is 0 Å². The second-order valence-corrected chi connectivity index (χ2v) is 3.50. The summed E-state index contributed by atoms with van der Waals surface area (Å²) in [4.78, 5) is 17.1. The number of urea groups is 1. The molecule has 5 heteroatoms. The van der Waals surface area contributed by atoms with E-state index in [9.17, 15) is 4.79 Å². The Labute approximate surface area is 93.1 Å². The number of carbonyl (C=O) groups is 1. The summed E-state index contributed by atoms with van der Waals surface area (Å²) >= 11 is 0. The Morgan fingerprint density at radius 2 is 2.25 bits per heavy atom. The first-order chi connectivity index (χ1) is 7.61. The molecule has 2 aromatic rings. The molecule has 0 saturated carbocycles. The Balaban J connectivity index is 2.42. The summed E-state index contributed by atoms with van der Waals surface area (Å²) < 4.78 is 5.40. The number of carbonyl (C=O) groups excluding carboxylic acids is 1. The lowest BCUT2D eigenvalue weighted by Crippen LogP contribution is -2.34. The van der Waals surface area contributed by atoms with Crippen molar-refractivity contribution >= 4 is 22.8 Å². The maximum atomic E-state index is 11.4. The Morgan fingerprint density at radius 3 is 2.94 bits per heavy atom. The van der Waals surface area contributed by atoms with Crippen LogP contribution in [0.25, 0.3) is 11.1 Å². The van der Waals surface area contributed by atoms with Gasteiger partial charge in [-0.05, 0) is 12.1 Å². The lowest BCUT2D eigenvalue weighted by atomic mass is 10.3. The molecule has 1 heterocycles. The van der Waals surface area contributed by atoms with Crippen molar-refractivity contribution in [1.29, 1.82) is 0 Å². The number of amides is 2. The summed E-state index contributed by atoms with van der Waals surface area (Å²) in [6, 6.07) is 5.29. The molecule has 16 heavy (non-hydrogen) atoms. The zero-order valence-electron chi connectivity index (χ0n) is 9.44. The van der Waals surface area contributed by atoms with Gasteiger partial charge in [-0.2, -0.15) is 0 Å². The fourth-order valence-corrected chi connectivity index (χ4v) is 1.52. The van der Waals surface area contributed by atoms with E-state index in [1.807, 2.05) is 12.1 Å². The van der Waals surface area contributed by atoms with Crippen molar-refractivity contribution in [1.82, 2.24) is 10.3 Å². The Hall–Kier alpha value is -2.04. The van der Waals surface area contributed by atoms with Crippen LogP contribution < -0.4 is 10.2 Å². The number of nitrogens with one attached hydrogen (secondary N) is 1. The standard InChI is InChI=1S/C11H13N3O2/c1-7-13-9-5-4-8(6-10(9)16-7)14(3)11(15)12-2/h4-6H,1-3H3,(H,12,15). The minimum absolute atomic E-state index is 0.171. The van der Waals surface area contributed by atoms with Crippen molar-refractivity contribution in [2.24, 2.45) is 0 Å². The highest BCUT2D eigenvalue weighted by molar-refractivity contribution is 5.93. The minimum atomic E-state index is -0.171. The molecule has 0 aliphatic rings. The van der Waals surface area contributed by atoms with Crippen molar-refractivity contribution in [3.8, 4) is 0 Å². The summed E-state index contributed by atoms with van der Waals surface area (Å²) in [7, 11) is 3.29. The SMILES string of the molecule is CNC(=O)N(C)c1ccc2nc(C)oc2c1. The van der Waals surface area contributed by atoms with Crippen molar-refractivity contribution in [2.45, 2.75) is 6.92 Å². The summed E-state index contributed by atoms with van der Waals surface area (Å²) in [6.07, 6.45) is 0. The number of aryl methyl sites for hydroxylation is 1. The molecule has 0 aliphatic carbocycles. The van der Waals surface area contributed by atoms with Crippen molar-refractivity contribution in [3.05, 3.63) is 24.1 Å². The van der Waals surface area contributed by atoms with E-state index in [2.05, 4.69) is 10.3 Å². The van der Waals surface area contributed by atoms with Crippen LogP contribution in [0.15, 0.2) is 22.6 Å². The van der Waals surface area contributed by atoms with Gasteiger partial charge >= 0.3 is 6.03 Å². The highest BCUT2D eigenvalue weighted by Gasteiger charge is 2.10. The fraction of sp³-hybridized carbons (Fsp3) is 0.273. The Kier molecular flexibility index (Phi) is 2.52. The first kappa shape index (κ1) is 10.5. The van der Waals surface area contributed by atoms with Crippen LogP contribution in [0.5, 0.6) is 0 Å². The van der Waals surface area contributed by atoms with Crippen molar-refractivity contribution < 1.29 is 9.21 Å². The van der Waals surface area contributed by atoms with E-state index in [0.717, 1.165) is 11.2 Å². The number of nitrogens with zero attached hydrogens (tertiary/aromatic N) is 2. The lowest BCUT2D eigenvalue weighted by Gasteiger charge is -2.15. The van der Waals surface area contributed by atoms with E-state index < -0.39 is 0 Å². The van der Waals surface area contributed by atoms with Crippen LogP contribution in [0, 0.1) is 6.92 Å². The normalized spacial score (nSPS) is 10.4. The maximum Gasteiger partial charge on any atom is 0.321 e. The van der Waals surface area contributed by atoms with Gasteiger partial charge in [0.15, 0.2) is 11.5 Å². The molecule has 0 fully saturated rings. The molecule has 84 valence electrons. The van der Waals surface area contributed by atoms with E-state index in [1.54, 1.807) is 27.1 Å². The second kappa shape index (κ2) is 3.84. The number of aromatic nitrogens is 1. The predicted octanol–water partition coefficient (Wildman–Crippen LogP) is 1.91. The monoisotopic (exact) mass is 219 g/mol. The molecule has 0 atom stereocenters. The largest absolute Gasteiger partial charge is 0.441 e. The predicted molar refractivity (Wildman–Crippen MR) is 61.6 cm³/mol. The molecule has 1 aromatic heterocycles. The fourth-order valence-electron chi connectivity index (χ4n) is 1.52. The molecular weight excluding hydrogens is 206 g/mol. The van der Waals surface area contributed by atoms with Gasteiger partial charge in [-0.15, -0.1) is 0 Å². The smallest absolute Gasteiger partial charge is 0.321 e. The van der Waals surface area contributed by atoms with Crippen LogP contribution in [0.4, 0.5) is 10.5 Å². The van der Waals surface area contributed by atoms with Gasteiger partial charge in [0.2, 0.25) is 0 Å². The molecule has 0 saturated heterocycles. The van der Waals surface area contributed by atoms with E-state index >= 15 is 0 Å². The topological polar surface area (TPSA) is 58.4 Å². The van der Waals surface area contributed by atoms with Crippen LogP contribution in [-0.4, -0.2) is 25.1 Å². The molecule has 0 bridgehead atoms. The minimum Gasteiger partial charge on any atom is -0.441 e. The third-order valence-corrected chi connectivity index (χ3v) is 2.38. The Morgan fingerprint density at radius 1 is 1.50 bits per heavy atom. The average Bonchev–Trinajstić information content (AvgIpc) is 2.65. The van der Waals surface area contributed by atoms with Gasteiger partial charge in [0.1, 0.15) is 5.52 Å². The highest BCUT2D eigenvalue weighted by Crippen LogP contribution is 2.21. The first-order valence-corrected chi connectivity index (χ1v) is 4.94. The molecule has 0 aliphatic heterocycles. The molecule has 1 aromatic carbocycles. The molecule has 0 radical (unpaired) electrons. The number of benzene rings is 1. The van der Waals surface area contributed by atoms with Gasteiger partial charge in [-0.1, -0.05) is 0 Å². The molecule has 2 amide bonds. The average molecular weight is 219 g/mol. The summed E-state index contributed by atoms with van der Waals surface area (Å²) in [5.41, 5.74) is 2.25. The third-order valence-electron chi connectivity index (χ3n) is 2.38. The van der Waals surface area contributed by atoms with Gasteiger partial charge in [0.05, 0.1) is 0 Å². The molecule has 1 N–H and O–H groups in total. The molecule has 5 nitrogen and oxygen atoms in total. The second-order valence-electron chi connectivity index (χ2n) is 3.50.